The second-order valence-corrected chi connectivity index (χ2v) is 7.13. The van der Waals surface area contributed by atoms with Crippen LogP contribution in [0.2, 0.25) is 0 Å². The number of guanidine groups is 1. The maximum atomic E-state index is 12.7. The summed E-state index contributed by atoms with van der Waals surface area (Å²) in [6, 6.07) is 0.700. The van der Waals surface area contributed by atoms with Crippen molar-refractivity contribution < 1.29 is 31.1 Å². The monoisotopic (exact) mass is 468 g/mol. The normalized spacial score (nSPS) is 15.4. The summed E-state index contributed by atoms with van der Waals surface area (Å²) in [6.07, 6.45) is -8.63. The Labute approximate surface area is 178 Å². The molecule has 8 nitrogen and oxygen atoms in total. The van der Waals surface area contributed by atoms with Gasteiger partial charge in [0.2, 0.25) is 11.9 Å². The summed E-state index contributed by atoms with van der Waals surface area (Å²) in [5, 5.41) is 13.1. The zero-order valence-electron chi connectivity index (χ0n) is 16.9. The fourth-order valence-corrected chi connectivity index (χ4v) is 3.01. The number of unbranched alkanes of at least 4 members (excludes halogenated alkanes) is 1. The van der Waals surface area contributed by atoms with Crippen molar-refractivity contribution >= 4 is 18.1 Å². The van der Waals surface area contributed by atoms with Gasteiger partial charge in [0, 0.05) is 38.8 Å². The van der Waals surface area contributed by atoms with Gasteiger partial charge in [0.25, 0.3) is 5.56 Å². The smallest absolute Gasteiger partial charge is 0.339 e. The first-order valence-corrected chi connectivity index (χ1v) is 9.73. The number of aromatic amines is 1. The lowest BCUT2D eigenvalue weighted by Gasteiger charge is -2.35. The zero-order valence-corrected chi connectivity index (χ0v) is 16.9. The number of aryl methyl sites for hydroxylation is 1. The molecule has 1 fully saturated rings. The Bertz CT molecular complexity index is 887. The minimum Gasteiger partial charge on any atom is -0.339 e. The van der Waals surface area contributed by atoms with Crippen LogP contribution in [-0.2, 0) is 17.4 Å². The summed E-state index contributed by atoms with van der Waals surface area (Å²) in [5.74, 6) is -0.463. The molecule has 0 unspecified atom stereocenters. The van der Waals surface area contributed by atoms with Crippen molar-refractivity contribution in [3.05, 3.63) is 27.7 Å². The second-order valence-electron chi connectivity index (χ2n) is 7.13. The number of hydrogen-bond donors (Lipinski definition) is 2. The van der Waals surface area contributed by atoms with E-state index in [9.17, 15) is 35.9 Å². The average molecular weight is 468 g/mol. The summed E-state index contributed by atoms with van der Waals surface area (Å²) >= 11 is 0. The molecule has 0 aromatic carbocycles. The lowest BCUT2D eigenvalue weighted by Crippen LogP contribution is -2.50. The number of piperazine rings is 1. The van der Waals surface area contributed by atoms with E-state index in [1.54, 1.807) is 4.90 Å². The van der Waals surface area contributed by atoms with Gasteiger partial charge in [0.05, 0.1) is 12.1 Å². The van der Waals surface area contributed by atoms with Crippen LogP contribution in [-0.4, -0.2) is 70.4 Å². The largest absolute Gasteiger partial charge is 0.421 e. The number of halogens is 6. The number of nitrogens with one attached hydrogen (secondary N) is 2. The van der Waals surface area contributed by atoms with Gasteiger partial charge in [-0.15, -0.1) is 0 Å². The van der Waals surface area contributed by atoms with Gasteiger partial charge in [-0.05, 0) is 25.3 Å². The van der Waals surface area contributed by atoms with Crippen LogP contribution in [0, 0.1) is 5.41 Å². The van der Waals surface area contributed by atoms with Crippen LogP contribution in [0.5, 0.6) is 0 Å². The number of nitrogens with zero attached hydrogens (tertiary/aromatic N) is 4. The molecule has 2 N–H and O–H groups in total. The summed E-state index contributed by atoms with van der Waals surface area (Å²) in [6.45, 7) is 1.09. The van der Waals surface area contributed by atoms with E-state index >= 15 is 0 Å². The SMILES string of the molecule is N=C(/N=C\CC(F)(F)F)N1CCN(C(=O)CCCCc2cc(C(F)(F)F)c(=O)[nH]n2)CC1. The maximum absolute atomic E-state index is 12.7. The number of aromatic nitrogens is 2. The third-order valence-corrected chi connectivity index (χ3v) is 4.70. The molecule has 0 radical (unpaired) electrons. The van der Waals surface area contributed by atoms with Crippen molar-refractivity contribution in [3.63, 3.8) is 0 Å². The highest BCUT2D eigenvalue weighted by Crippen LogP contribution is 2.26. The number of carbonyl (C=O) groups excluding carboxylic acids is 1. The van der Waals surface area contributed by atoms with Gasteiger partial charge in [-0.3, -0.25) is 15.0 Å². The molecule has 1 saturated heterocycles. The van der Waals surface area contributed by atoms with Crippen molar-refractivity contribution in [2.75, 3.05) is 26.2 Å². The van der Waals surface area contributed by atoms with E-state index in [4.69, 9.17) is 5.41 Å². The quantitative estimate of drug-likeness (QED) is 0.290. The predicted octanol–water partition coefficient (Wildman–Crippen LogP) is 2.60. The van der Waals surface area contributed by atoms with Crippen LogP contribution in [0.3, 0.4) is 0 Å². The number of aliphatic imine (C=N–C) groups is 1. The fourth-order valence-electron chi connectivity index (χ4n) is 3.01. The lowest BCUT2D eigenvalue weighted by molar-refractivity contribution is -0.139. The number of carbonyl (C=O) groups is 1. The molecule has 0 spiro atoms. The molecule has 1 aromatic rings. The van der Waals surface area contributed by atoms with E-state index in [2.05, 4.69) is 10.1 Å². The third kappa shape index (κ3) is 7.96. The Kier molecular flexibility index (Phi) is 8.38. The average Bonchev–Trinajstić information content (AvgIpc) is 2.70. The molecule has 0 atom stereocenters. The van der Waals surface area contributed by atoms with Gasteiger partial charge in [-0.2, -0.15) is 31.4 Å². The Morgan fingerprint density at radius 3 is 2.34 bits per heavy atom. The van der Waals surface area contributed by atoms with Crippen LogP contribution in [0.25, 0.3) is 0 Å². The van der Waals surface area contributed by atoms with E-state index in [0.29, 0.717) is 25.1 Å². The molecule has 2 heterocycles. The van der Waals surface area contributed by atoms with E-state index in [1.807, 2.05) is 5.10 Å². The number of alkyl halides is 6. The van der Waals surface area contributed by atoms with E-state index in [-0.39, 0.29) is 56.6 Å². The minimum atomic E-state index is -4.77. The molecule has 1 aromatic heterocycles. The highest BCUT2D eigenvalue weighted by Gasteiger charge is 2.34. The Hall–Kier alpha value is -2.93. The number of amides is 1. The summed E-state index contributed by atoms with van der Waals surface area (Å²) in [4.78, 5) is 30.0. The Balaban J connectivity index is 1.72. The summed E-state index contributed by atoms with van der Waals surface area (Å²) in [7, 11) is 0. The zero-order chi connectivity index (χ0) is 23.9. The molecule has 1 aliphatic rings. The Morgan fingerprint density at radius 2 is 1.75 bits per heavy atom. The van der Waals surface area contributed by atoms with Crippen molar-refractivity contribution in [2.24, 2.45) is 4.99 Å². The van der Waals surface area contributed by atoms with Crippen molar-refractivity contribution in [1.82, 2.24) is 20.0 Å². The number of H-pyrrole nitrogens is 1. The summed E-state index contributed by atoms with van der Waals surface area (Å²) in [5.41, 5.74) is -2.55. The number of rotatable bonds is 6. The highest BCUT2D eigenvalue weighted by molar-refractivity contribution is 5.85. The molecule has 32 heavy (non-hydrogen) atoms. The summed E-state index contributed by atoms with van der Waals surface area (Å²) < 4.78 is 74.6. The molecular formula is C18H22F6N6O2. The number of hydrogen-bond acceptors (Lipinski definition) is 4. The van der Waals surface area contributed by atoms with Crippen LogP contribution in [0.15, 0.2) is 15.9 Å². The lowest BCUT2D eigenvalue weighted by atomic mass is 10.1. The van der Waals surface area contributed by atoms with Crippen molar-refractivity contribution in [2.45, 2.75) is 44.5 Å². The van der Waals surface area contributed by atoms with E-state index in [0.717, 1.165) is 0 Å². The van der Waals surface area contributed by atoms with Crippen molar-refractivity contribution in [3.8, 4) is 0 Å². The standard InChI is InChI=1S/C18H22F6N6O2/c19-17(20,21)5-6-26-16(25)30-9-7-29(8-10-30)14(31)4-2-1-3-12-11-13(18(22,23)24)15(32)28-27-12/h6,11,25H,1-5,7-10H2,(H,28,32)/b25-16?,26-6-. The Morgan fingerprint density at radius 1 is 1.12 bits per heavy atom. The van der Waals surface area contributed by atoms with Gasteiger partial charge in [-0.1, -0.05) is 0 Å². The second kappa shape index (κ2) is 10.6. The van der Waals surface area contributed by atoms with Crippen LogP contribution in [0.4, 0.5) is 26.3 Å². The first-order valence-electron chi connectivity index (χ1n) is 9.73. The van der Waals surface area contributed by atoms with E-state index in [1.165, 1.54) is 4.90 Å². The molecule has 0 saturated carbocycles. The molecule has 1 amide bonds. The van der Waals surface area contributed by atoms with Gasteiger partial charge >= 0.3 is 12.4 Å². The van der Waals surface area contributed by atoms with Crippen LogP contribution >= 0.6 is 0 Å². The molecule has 2 rings (SSSR count). The van der Waals surface area contributed by atoms with Crippen molar-refractivity contribution in [1.29, 1.82) is 5.41 Å². The molecule has 178 valence electrons. The van der Waals surface area contributed by atoms with Crippen LogP contribution in [0.1, 0.15) is 36.9 Å². The predicted molar refractivity (Wildman–Crippen MR) is 102 cm³/mol. The highest BCUT2D eigenvalue weighted by atomic mass is 19.4. The minimum absolute atomic E-state index is 0.0718. The molecule has 1 aliphatic heterocycles. The topological polar surface area (TPSA) is 106 Å². The molecule has 0 bridgehead atoms. The molecular weight excluding hydrogens is 446 g/mol. The molecule has 14 heteroatoms. The third-order valence-electron chi connectivity index (χ3n) is 4.70. The van der Waals surface area contributed by atoms with Gasteiger partial charge < -0.3 is 9.80 Å². The first-order chi connectivity index (χ1) is 14.9. The maximum Gasteiger partial charge on any atom is 0.421 e. The first kappa shape index (κ1) is 25.3. The fraction of sp³-hybridized carbons (Fsp3) is 0.611. The van der Waals surface area contributed by atoms with Gasteiger partial charge in [0.15, 0.2) is 0 Å². The van der Waals surface area contributed by atoms with E-state index < -0.39 is 29.9 Å². The van der Waals surface area contributed by atoms with Gasteiger partial charge in [-0.25, -0.2) is 10.1 Å². The van der Waals surface area contributed by atoms with Crippen LogP contribution < -0.4 is 5.56 Å². The molecule has 0 aliphatic carbocycles. The van der Waals surface area contributed by atoms with Gasteiger partial charge in [0.1, 0.15) is 5.56 Å².